The van der Waals surface area contributed by atoms with Crippen LogP contribution in [0, 0.1) is 12.8 Å². The highest BCUT2D eigenvalue weighted by molar-refractivity contribution is 6.07. The average molecular weight is 435 g/mol. The van der Waals surface area contributed by atoms with Gasteiger partial charge in [-0.15, -0.1) is 24.8 Å². The number of nitrogens with one attached hydrogen (secondary N) is 2. The molecule has 1 aliphatic rings. The average Bonchev–Trinajstić information content (AvgIpc) is 3.11. The van der Waals surface area contributed by atoms with E-state index in [1.165, 1.54) is 0 Å². The molecule has 0 bridgehead atoms. The van der Waals surface area contributed by atoms with Crippen LogP contribution in [0.15, 0.2) is 48.8 Å². The van der Waals surface area contributed by atoms with Gasteiger partial charge >= 0.3 is 0 Å². The number of nitrogens with zero attached hydrogens (tertiary/aromatic N) is 2. The maximum absolute atomic E-state index is 13.0. The Kier molecular flexibility index (Phi) is 7.93. The molecule has 0 saturated carbocycles. The number of amides is 1. The fourth-order valence-electron chi connectivity index (χ4n) is 3.44. The summed E-state index contributed by atoms with van der Waals surface area (Å²) in [4.78, 5) is 21.8. The molecule has 0 aliphatic carbocycles. The first-order valence-corrected chi connectivity index (χ1v) is 9.10. The van der Waals surface area contributed by atoms with Crippen molar-refractivity contribution >= 4 is 41.6 Å². The fourth-order valence-corrected chi connectivity index (χ4v) is 3.44. The molecule has 3 aromatic rings. The number of carbonyl (C=O) groups excluding carboxylic acids is 1. The second kappa shape index (κ2) is 9.98. The van der Waals surface area contributed by atoms with Crippen molar-refractivity contribution < 1.29 is 9.90 Å². The van der Waals surface area contributed by atoms with Crippen molar-refractivity contribution in [2.75, 3.05) is 19.6 Å². The zero-order chi connectivity index (χ0) is 18.8. The van der Waals surface area contributed by atoms with E-state index in [2.05, 4.69) is 15.6 Å². The molecule has 1 aromatic carbocycles. The van der Waals surface area contributed by atoms with Crippen molar-refractivity contribution in [3.63, 3.8) is 0 Å². The highest BCUT2D eigenvalue weighted by Crippen LogP contribution is 2.25. The molecule has 29 heavy (non-hydrogen) atoms. The molecule has 1 saturated heterocycles. The summed E-state index contributed by atoms with van der Waals surface area (Å²) in [5.74, 6) is -0.126. The predicted octanol–water partition coefficient (Wildman–Crippen LogP) is 2.76. The molecule has 6 nitrogen and oxygen atoms in total. The Hall–Kier alpha value is -2.25. The van der Waals surface area contributed by atoms with Crippen LogP contribution in [0.25, 0.3) is 22.2 Å². The minimum Gasteiger partial charge on any atom is -0.391 e. The van der Waals surface area contributed by atoms with Crippen LogP contribution in [0.3, 0.4) is 0 Å². The number of carbonyl (C=O) groups is 1. The number of hydrogen-bond acceptors (Lipinski definition) is 5. The number of hydrogen-bond donors (Lipinski definition) is 3. The molecule has 3 N–H and O–H groups in total. The number of aromatic nitrogens is 2. The first-order valence-electron chi connectivity index (χ1n) is 9.10. The van der Waals surface area contributed by atoms with Gasteiger partial charge in [-0.05, 0) is 37.3 Å². The Morgan fingerprint density at radius 2 is 2.07 bits per heavy atom. The summed E-state index contributed by atoms with van der Waals surface area (Å²) < 4.78 is 0. The molecular weight excluding hydrogens is 411 g/mol. The van der Waals surface area contributed by atoms with E-state index in [0.29, 0.717) is 30.9 Å². The molecule has 8 heteroatoms. The first kappa shape index (κ1) is 23.0. The van der Waals surface area contributed by atoms with Crippen LogP contribution in [0.1, 0.15) is 15.9 Å². The molecule has 1 fully saturated rings. The van der Waals surface area contributed by atoms with Crippen molar-refractivity contribution in [3.05, 3.63) is 59.9 Å². The van der Waals surface area contributed by atoms with Gasteiger partial charge in [0, 0.05) is 48.9 Å². The van der Waals surface area contributed by atoms with Gasteiger partial charge in [0.05, 0.1) is 22.9 Å². The van der Waals surface area contributed by atoms with Gasteiger partial charge in [-0.25, -0.2) is 4.98 Å². The van der Waals surface area contributed by atoms with Gasteiger partial charge in [0.1, 0.15) is 0 Å². The number of rotatable bonds is 4. The summed E-state index contributed by atoms with van der Waals surface area (Å²) in [6.07, 6.45) is 3.03. The standard InChI is InChI=1S/C21H22N4O2.2ClH/c1-13-4-5-18-16(7-13)17(8-19(25-18)14-3-2-6-22-9-14)21(27)24-11-15-10-23-12-20(15)26;;/h2-9,15,20,23,26H,10-12H2,1H3,(H,24,27);2*1H. The van der Waals surface area contributed by atoms with Crippen LogP contribution in [0.4, 0.5) is 0 Å². The molecule has 1 amide bonds. The normalized spacial score (nSPS) is 18.0. The smallest absolute Gasteiger partial charge is 0.252 e. The summed E-state index contributed by atoms with van der Waals surface area (Å²) in [7, 11) is 0. The summed E-state index contributed by atoms with van der Waals surface area (Å²) >= 11 is 0. The van der Waals surface area contributed by atoms with Crippen molar-refractivity contribution in [1.29, 1.82) is 0 Å². The Labute approximate surface area is 182 Å². The second-order valence-corrected chi connectivity index (χ2v) is 7.01. The van der Waals surface area contributed by atoms with E-state index in [-0.39, 0.29) is 36.6 Å². The summed E-state index contributed by atoms with van der Waals surface area (Å²) in [6, 6.07) is 11.5. The van der Waals surface area contributed by atoms with Gasteiger partial charge in [0.15, 0.2) is 0 Å². The van der Waals surface area contributed by atoms with Crippen molar-refractivity contribution in [2.45, 2.75) is 13.0 Å². The van der Waals surface area contributed by atoms with Gasteiger partial charge in [-0.2, -0.15) is 0 Å². The SMILES string of the molecule is Cc1ccc2nc(-c3cccnc3)cc(C(=O)NCC3CNCC3O)c2c1.Cl.Cl. The molecule has 0 radical (unpaired) electrons. The van der Waals surface area contributed by atoms with Crippen LogP contribution in [-0.2, 0) is 0 Å². The Morgan fingerprint density at radius 1 is 1.24 bits per heavy atom. The van der Waals surface area contributed by atoms with Crippen LogP contribution in [-0.4, -0.2) is 46.7 Å². The van der Waals surface area contributed by atoms with E-state index in [1.54, 1.807) is 12.4 Å². The quantitative estimate of drug-likeness (QED) is 0.587. The molecule has 0 spiro atoms. The predicted molar refractivity (Wildman–Crippen MR) is 119 cm³/mol. The van der Waals surface area contributed by atoms with E-state index in [4.69, 9.17) is 4.98 Å². The molecule has 2 aromatic heterocycles. The van der Waals surface area contributed by atoms with Crippen LogP contribution in [0.2, 0.25) is 0 Å². The second-order valence-electron chi connectivity index (χ2n) is 7.01. The number of aryl methyl sites for hydroxylation is 1. The maximum atomic E-state index is 13.0. The van der Waals surface area contributed by atoms with Crippen LogP contribution >= 0.6 is 24.8 Å². The third-order valence-corrected chi connectivity index (χ3v) is 5.00. The number of aliphatic hydroxyl groups excluding tert-OH is 1. The Bertz CT molecular complexity index is 985. The molecule has 4 rings (SSSR count). The summed E-state index contributed by atoms with van der Waals surface area (Å²) in [5, 5.41) is 16.9. The molecule has 3 heterocycles. The Balaban J connectivity index is 0.00000150. The molecule has 1 aliphatic heterocycles. The Morgan fingerprint density at radius 3 is 2.76 bits per heavy atom. The number of fused-ring (bicyclic) bond motifs is 1. The van der Waals surface area contributed by atoms with E-state index in [9.17, 15) is 9.90 Å². The lowest BCUT2D eigenvalue weighted by atomic mass is 10.0. The lowest BCUT2D eigenvalue weighted by Gasteiger charge is -2.15. The van der Waals surface area contributed by atoms with E-state index >= 15 is 0 Å². The molecule has 154 valence electrons. The third kappa shape index (κ3) is 5.03. The number of aliphatic hydroxyl groups is 1. The minimum absolute atomic E-state index is 0. The van der Waals surface area contributed by atoms with Gasteiger partial charge in [0.25, 0.3) is 5.91 Å². The molecular formula is C21H24Cl2N4O2. The van der Waals surface area contributed by atoms with Crippen molar-refractivity contribution in [1.82, 2.24) is 20.6 Å². The zero-order valence-corrected chi connectivity index (χ0v) is 17.6. The highest BCUT2D eigenvalue weighted by Gasteiger charge is 2.25. The van der Waals surface area contributed by atoms with Crippen molar-refractivity contribution in [3.8, 4) is 11.3 Å². The zero-order valence-electron chi connectivity index (χ0n) is 16.0. The van der Waals surface area contributed by atoms with E-state index in [0.717, 1.165) is 22.0 Å². The largest absolute Gasteiger partial charge is 0.391 e. The number of β-amino-alcohol motifs (C(OH)–C–C–N with tert-alkyl or cyclic N) is 1. The van der Waals surface area contributed by atoms with Crippen LogP contribution < -0.4 is 10.6 Å². The number of halogens is 2. The fraction of sp³-hybridized carbons (Fsp3) is 0.286. The lowest BCUT2D eigenvalue weighted by molar-refractivity contribution is 0.0928. The van der Waals surface area contributed by atoms with Crippen molar-refractivity contribution in [2.24, 2.45) is 5.92 Å². The van der Waals surface area contributed by atoms with Gasteiger partial charge < -0.3 is 15.7 Å². The van der Waals surface area contributed by atoms with E-state index in [1.807, 2.05) is 43.3 Å². The number of benzene rings is 1. The first-order chi connectivity index (χ1) is 13.1. The number of pyridine rings is 2. The lowest BCUT2D eigenvalue weighted by Crippen LogP contribution is -2.34. The van der Waals surface area contributed by atoms with Gasteiger partial charge in [-0.1, -0.05) is 11.6 Å². The monoisotopic (exact) mass is 434 g/mol. The van der Waals surface area contributed by atoms with Gasteiger partial charge in [-0.3, -0.25) is 9.78 Å². The third-order valence-electron chi connectivity index (χ3n) is 5.00. The van der Waals surface area contributed by atoms with Gasteiger partial charge in [0.2, 0.25) is 0 Å². The van der Waals surface area contributed by atoms with Crippen LogP contribution in [0.5, 0.6) is 0 Å². The van der Waals surface area contributed by atoms with E-state index < -0.39 is 6.10 Å². The summed E-state index contributed by atoms with van der Waals surface area (Å²) in [6.45, 7) is 3.71. The molecule has 2 unspecified atom stereocenters. The maximum Gasteiger partial charge on any atom is 0.252 e. The highest BCUT2D eigenvalue weighted by atomic mass is 35.5. The minimum atomic E-state index is -0.423. The molecule has 2 atom stereocenters. The topological polar surface area (TPSA) is 87.1 Å². The summed E-state index contributed by atoms with van der Waals surface area (Å²) in [5.41, 5.74) is 4.01.